The number of hydrogen-bond acceptors (Lipinski definition) is 3. The molecule has 0 bridgehead atoms. The molecular formula is C18H33IN4O. The van der Waals surface area contributed by atoms with Gasteiger partial charge in [-0.05, 0) is 37.7 Å². The van der Waals surface area contributed by atoms with Crippen molar-refractivity contribution in [3.05, 3.63) is 29.8 Å². The summed E-state index contributed by atoms with van der Waals surface area (Å²) in [6.07, 6.45) is 0. The van der Waals surface area contributed by atoms with Gasteiger partial charge in [0.05, 0.1) is 7.11 Å². The lowest BCUT2D eigenvalue weighted by atomic mass is 10.2. The van der Waals surface area contributed by atoms with Crippen LogP contribution in [0.5, 0.6) is 5.75 Å². The van der Waals surface area contributed by atoms with E-state index in [-0.39, 0.29) is 24.0 Å². The topological polar surface area (TPSA) is 40.1 Å². The third kappa shape index (κ3) is 7.25. The summed E-state index contributed by atoms with van der Waals surface area (Å²) in [6.45, 7) is 10.5. The van der Waals surface area contributed by atoms with E-state index in [1.54, 1.807) is 7.11 Å². The zero-order chi connectivity index (χ0) is 17.2. The average molecular weight is 448 g/mol. The Morgan fingerprint density at radius 1 is 1.21 bits per heavy atom. The highest BCUT2D eigenvalue weighted by Gasteiger charge is 2.12. The summed E-state index contributed by atoms with van der Waals surface area (Å²) in [4.78, 5) is 8.96. The number of nitrogens with zero attached hydrogens (tertiary/aromatic N) is 3. The van der Waals surface area contributed by atoms with Crippen LogP contribution >= 0.6 is 24.0 Å². The molecule has 0 saturated heterocycles. The Morgan fingerprint density at radius 3 is 2.25 bits per heavy atom. The van der Waals surface area contributed by atoms with E-state index < -0.39 is 0 Å². The van der Waals surface area contributed by atoms with Crippen molar-refractivity contribution in [3.8, 4) is 5.75 Å². The molecule has 1 aromatic carbocycles. The maximum Gasteiger partial charge on any atom is 0.193 e. The van der Waals surface area contributed by atoms with Crippen molar-refractivity contribution < 1.29 is 4.74 Å². The number of halogens is 1. The van der Waals surface area contributed by atoms with Gasteiger partial charge in [-0.1, -0.05) is 26.0 Å². The van der Waals surface area contributed by atoms with Crippen LogP contribution in [0.1, 0.15) is 26.3 Å². The highest BCUT2D eigenvalue weighted by atomic mass is 127. The summed E-state index contributed by atoms with van der Waals surface area (Å²) in [7, 11) is 5.57. The smallest absolute Gasteiger partial charge is 0.193 e. The highest BCUT2D eigenvalue weighted by molar-refractivity contribution is 14.0. The fourth-order valence-corrected chi connectivity index (χ4v) is 2.68. The Labute approximate surface area is 164 Å². The van der Waals surface area contributed by atoms with Gasteiger partial charge in [0.2, 0.25) is 0 Å². The third-order valence-electron chi connectivity index (χ3n) is 4.14. The van der Waals surface area contributed by atoms with E-state index in [0.717, 1.165) is 37.9 Å². The maximum absolute atomic E-state index is 5.20. The Bertz CT molecular complexity index is 474. The number of methoxy groups -OCH3 is 1. The molecule has 0 aliphatic rings. The Morgan fingerprint density at radius 2 is 1.79 bits per heavy atom. The number of ether oxygens (including phenoxy) is 1. The number of benzene rings is 1. The van der Waals surface area contributed by atoms with Crippen LogP contribution in [-0.2, 0) is 6.54 Å². The van der Waals surface area contributed by atoms with E-state index in [1.165, 1.54) is 5.56 Å². The van der Waals surface area contributed by atoms with Crippen LogP contribution in [0.3, 0.4) is 0 Å². The summed E-state index contributed by atoms with van der Waals surface area (Å²) in [6, 6.07) is 8.63. The number of rotatable bonds is 8. The highest BCUT2D eigenvalue weighted by Crippen LogP contribution is 2.12. The first kappa shape index (κ1) is 23.0. The lowest BCUT2D eigenvalue weighted by Gasteiger charge is -2.29. The van der Waals surface area contributed by atoms with Crippen molar-refractivity contribution in [3.63, 3.8) is 0 Å². The molecule has 0 fully saturated rings. The van der Waals surface area contributed by atoms with Crippen LogP contribution < -0.4 is 10.1 Å². The molecule has 6 heteroatoms. The van der Waals surface area contributed by atoms with E-state index in [2.05, 4.69) is 60.1 Å². The van der Waals surface area contributed by atoms with Crippen LogP contribution in [-0.4, -0.2) is 62.6 Å². The van der Waals surface area contributed by atoms with Gasteiger partial charge in [0.15, 0.2) is 5.96 Å². The normalized spacial score (nSPS) is 12.5. The van der Waals surface area contributed by atoms with E-state index in [4.69, 9.17) is 4.74 Å². The number of likely N-dealkylation sites (N-methyl/N-ethyl adjacent to an activating group) is 1. The molecule has 0 aromatic heterocycles. The van der Waals surface area contributed by atoms with Crippen molar-refractivity contribution >= 4 is 29.9 Å². The van der Waals surface area contributed by atoms with Crippen molar-refractivity contribution in [1.82, 2.24) is 15.1 Å². The summed E-state index contributed by atoms with van der Waals surface area (Å²) >= 11 is 0. The van der Waals surface area contributed by atoms with Gasteiger partial charge >= 0.3 is 0 Å². The second-order valence-corrected chi connectivity index (χ2v) is 5.70. The quantitative estimate of drug-likeness (QED) is 0.377. The van der Waals surface area contributed by atoms with Gasteiger partial charge in [0.1, 0.15) is 5.75 Å². The zero-order valence-electron chi connectivity index (χ0n) is 15.9. The lowest BCUT2D eigenvalue weighted by molar-refractivity contribution is 0.230. The number of hydrogen-bond donors (Lipinski definition) is 1. The molecule has 0 amide bonds. The maximum atomic E-state index is 5.20. The van der Waals surface area contributed by atoms with Crippen LogP contribution in [0, 0.1) is 0 Å². The van der Waals surface area contributed by atoms with Crippen molar-refractivity contribution in [2.24, 2.45) is 4.99 Å². The molecule has 0 saturated carbocycles. The molecule has 1 unspecified atom stereocenters. The molecule has 0 heterocycles. The van der Waals surface area contributed by atoms with Gasteiger partial charge in [0.25, 0.3) is 0 Å². The minimum atomic E-state index is 0. The molecular weight excluding hydrogens is 415 g/mol. The SMILES string of the molecule is CCN(CC)C(C)CNC(=NC)N(C)Cc1ccc(OC)cc1.I. The number of nitrogens with one attached hydrogen (secondary N) is 1. The lowest BCUT2D eigenvalue weighted by Crippen LogP contribution is -2.46. The fourth-order valence-electron chi connectivity index (χ4n) is 2.68. The molecule has 1 N–H and O–H groups in total. The minimum absolute atomic E-state index is 0. The first-order valence-electron chi connectivity index (χ1n) is 8.34. The molecule has 1 aromatic rings. The van der Waals surface area contributed by atoms with Crippen LogP contribution in [0.25, 0.3) is 0 Å². The minimum Gasteiger partial charge on any atom is -0.497 e. The number of aliphatic imine (C=N–C) groups is 1. The van der Waals surface area contributed by atoms with Crippen LogP contribution in [0.4, 0.5) is 0 Å². The Kier molecular flexibility index (Phi) is 11.8. The summed E-state index contributed by atoms with van der Waals surface area (Å²) in [5, 5.41) is 3.47. The van der Waals surface area contributed by atoms with Gasteiger partial charge in [0, 0.05) is 33.2 Å². The van der Waals surface area contributed by atoms with Crippen LogP contribution in [0.15, 0.2) is 29.3 Å². The molecule has 24 heavy (non-hydrogen) atoms. The molecule has 0 radical (unpaired) electrons. The summed E-state index contributed by atoms with van der Waals surface area (Å²) < 4.78 is 5.20. The number of guanidine groups is 1. The zero-order valence-corrected chi connectivity index (χ0v) is 18.2. The Balaban J connectivity index is 0.00000529. The third-order valence-corrected chi connectivity index (χ3v) is 4.14. The summed E-state index contributed by atoms with van der Waals surface area (Å²) in [5.74, 6) is 1.80. The van der Waals surface area contributed by atoms with Crippen molar-refractivity contribution in [2.45, 2.75) is 33.4 Å². The van der Waals surface area contributed by atoms with Crippen LogP contribution in [0.2, 0.25) is 0 Å². The largest absolute Gasteiger partial charge is 0.497 e. The summed E-state index contributed by atoms with van der Waals surface area (Å²) in [5.41, 5.74) is 1.23. The van der Waals surface area contributed by atoms with Gasteiger partial charge in [-0.15, -0.1) is 24.0 Å². The molecule has 1 atom stereocenters. The molecule has 0 aliphatic heterocycles. The van der Waals surface area contributed by atoms with E-state index >= 15 is 0 Å². The second kappa shape index (κ2) is 12.4. The average Bonchev–Trinajstić information content (AvgIpc) is 2.57. The predicted molar refractivity (Wildman–Crippen MR) is 114 cm³/mol. The van der Waals surface area contributed by atoms with Gasteiger partial charge in [-0.2, -0.15) is 0 Å². The van der Waals surface area contributed by atoms with E-state index in [0.29, 0.717) is 6.04 Å². The molecule has 5 nitrogen and oxygen atoms in total. The molecule has 1 rings (SSSR count). The second-order valence-electron chi connectivity index (χ2n) is 5.70. The predicted octanol–water partition coefficient (Wildman–Crippen LogP) is 3.05. The monoisotopic (exact) mass is 448 g/mol. The van der Waals surface area contributed by atoms with Crippen molar-refractivity contribution in [1.29, 1.82) is 0 Å². The first-order chi connectivity index (χ1) is 11.0. The van der Waals surface area contributed by atoms with Gasteiger partial charge in [-0.3, -0.25) is 9.89 Å². The van der Waals surface area contributed by atoms with E-state index in [1.807, 2.05) is 19.2 Å². The van der Waals surface area contributed by atoms with Gasteiger partial charge < -0.3 is 15.0 Å². The molecule has 138 valence electrons. The van der Waals surface area contributed by atoms with Crippen molar-refractivity contribution in [2.75, 3.05) is 40.8 Å². The fraction of sp³-hybridized carbons (Fsp3) is 0.611. The molecule has 0 aliphatic carbocycles. The van der Waals surface area contributed by atoms with E-state index in [9.17, 15) is 0 Å². The molecule has 0 spiro atoms. The standard InChI is InChI=1S/C18H32N4O.HI/c1-7-22(8-2)15(3)13-20-18(19-4)21(5)14-16-9-11-17(23-6)12-10-16;/h9-12,15H,7-8,13-14H2,1-6H3,(H,19,20);1H. The first-order valence-corrected chi connectivity index (χ1v) is 8.34. The Hall–Kier alpha value is -1.02. The van der Waals surface area contributed by atoms with Gasteiger partial charge in [-0.25, -0.2) is 0 Å².